The largest absolute Gasteiger partial charge is 0.360 e. The maximum atomic E-state index is 12.3. The molecule has 0 aliphatic carbocycles. The highest BCUT2D eigenvalue weighted by molar-refractivity contribution is 5.88. The van der Waals surface area contributed by atoms with E-state index in [2.05, 4.69) is 45.0 Å². The van der Waals surface area contributed by atoms with Gasteiger partial charge in [-0.1, -0.05) is 41.1 Å². The third-order valence-electron chi connectivity index (χ3n) is 3.78. The molecular weight excluding hydrogens is 316 g/mol. The summed E-state index contributed by atoms with van der Waals surface area (Å²) >= 11 is 0. The summed E-state index contributed by atoms with van der Waals surface area (Å²) in [4.78, 5) is 16.7. The summed E-state index contributed by atoms with van der Waals surface area (Å²) in [6, 6.07) is 15.0. The van der Waals surface area contributed by atoms with Gasteiger partial charge in [-0.15, -0.1) is 0 Å². The molecule has 1 atom stereocenters. The van der Waals surface area contributed by atoms with Gasteiger partial charge in [-0.25, -0.2) is 4.79 Å². The van der Waals surface area contributed by atoms with Gasteiger partial charge >= 0.3 is 6.03 Å². The highest BCUT2D eigenvalue weighted by Crippen LogP contribution is 2.17. The van der Waals surface area contributed by atoms with Gasteiger partial charge in [0, 0.05) is 12.3 Å². The summed E-state index contributed by atoms with van der Waals surface area (Å²) in [6.07, 6.45) is 2.36. The van der Waals surface area contributed by atoms with E-state index in [4.69, 9.17) is 4.52 Å². The Morgan fingerprint density at radius 3 is 2.60 bits per heavy atom. The number of hydrogen-bond acceptors (Lipinski definition) is 4. The average Bonchev–Trinajstić information content (AvgIpc) is 3.01. The summed E-state index contributed by atoms with van der Waals surface area (Å²) in [6.45, 7) is 3.82. The fraction of sp³-hybridized carbons (Fsp3) is 0.211. The first kappa shape index (κ1) is 16.7. The molecule has 6 nitrogen and oxygen atoms in total. The normalized spacial score (nSPS) is 11.8. The van der Waals surface area contributed by atoms with E-state index < -0.39 is 0 Å². The van der Waals surface area contributed by atoms with Gasteiger partial charge in [-0.05, 0) is 38.0 Å². The zero-order valence-electron chi connectivity index (χ0n) is 14.2. The van der Waals surface area contributed by atoms with E-state index in [-0.39, 0.29) is 12.1 Å². The highest BCUT2D eigenvalue weighted by atomic mass is 16.5. The van der Waals surface area contributed by atoms with E-state index >= 15 is 0 Å². The lowest BCUT2D eigenvalue weighted by atomic mass is 10.0. The van der Waals surface area contributed by atoms with Gasteiger partial charge < -0.3 is 9.84 Å². The predicted octanol–water partition coefficient (Wildman–Crippen LogP) is 3.79. The molecular formula is C19H20N4O2. The molecule has 25 heavy (non-hydrogen) atoms. The Bertz CT molecular complexity index is 828. The SMILES string of the molecule is Cc1ccc(C[C@H](NC(=O)Nc2cc(C)on2)c2ccccn2)cc1. The van der Waals surface area contributed by atoms with Crippen molar-refractivity contribution in [3.8, 4) is 0 Å². The van der Waals surface area contributed by atoms with Crippen LogP contribution in [0.1, 0.15) is 28.6 Å². The molecule has 0 saturated carbocycles. The number of aryl methyl sites for hydroxylation is 2. The van der Waals surface area contributed by atoms with Crippen LogP contribution in [0.25, 0.3) is 0 Å². The van der Waals surface area contributed by atoms with E-state index in [1.165, 1.54) is 5.56 Å². The number of nitrogens with one attached hydrogen (secondary N) is 2. The first-order valence-corrected chi connectivity index (χ1v) is 8.07. The van der Waals surface area contributed by atoms with Gasteiger partial charge in [0.25, 0.3) is 0 Å². The van der Waals surface area contributed by atoms with Crippen molar-refractivity contribution in [3.05, 3.63) is 77.3 Å². The molecule has 2 amide bonds. The number of amides is 2. The molecule has 128 valence electrons. The molecule has 0 saturated heterocycles. The first-order chi connectivity index (χ1) is 12.1. The number of carbonyl (C=O) groups excluding carboxylic acids is 1. The third-order valence-corrected chi connectivity index (χ3v) is 3.78. The molecule has 2 N–H and O–H groups in total. The van der Waals surface area contributed by atoms with Crippen LogP contribution in [0, 0.1) is 13.8 Å². The van der Waals surface area contributed by atoms with Crippen LogP contribution in [0.4, 0.5) is 10.6 Å². The zero-order valence-corrected chi connectivity index (χ0v) is 14.2. The average molecular weight is 336 g/mol. The predicted molar refractivity (Wildman–Crippen MR) is 95.3 cm³/mol. The number of pyridine rings is 1. The zero-order chi connectivity index (χ0) is 17.6. The van der Waals surface area contributed by atoms with Gasteiger partial charge in [-0.3, -0.25) is 10.3 Å². The Kier molecular flexibility index (Phi) is 5.09. The Labute approximate surface area is 146 Å². The Hall–Kier alpha value is -3.15. The number of carbonyl (C=O) groups is 1. The Morgan fingerprint density at radius 2 is 1.96 bits per heavy atom. The van der Waals surface area contributed by atoms with Crippen LogP contribution in [0.5, 0.6) is 0 Å². The van der Waals surface area contributed by atoms with Crippen molar-refractivity contribution in [2.75, 3.05) is 5.32 Å². The summed E-state index contributed by atoms with van der Waals surface area (Å²) in [5.41, 5.74) is 3.12. The number of aromatic nitrogens is 2. The molecule has 0 unspecified atom stereocenters. The topological polar surface area (TPSA) is 80.0 Å². The third kappa shape index (κ3) is 4.67. The molecule has 3 aromatic rings. The second-order valence-electron chi connectivity index (χ2n) is 5.92. The maximum Gasteiger partial charge on any atom is 0.321 e. The minimum atomic E-state index is -0.351. The van der Waals surface area contributed by atoms with E-state index in [1.807, 2.05) is 25.1 Å². The number of benzene rings is 1. The minimum Gasteiger partial charge on any atom is -0.360 e. The van der Waals surface area contributed by atoms with Gasteiger partial charge in [0.2, 0.25) is 0 Å². The van der Waals surface area contributed by atoms with Gasteiger partial charge in [0.05, 0.1) is 11.7 Å². The lowest BCUT2D eigenvalue weighted by molar-refractivity contribution is 0.248. The first-order valence-electron chi connectivity index (χ1n) is 8.07. The van der Waals surface area contributed by atoms with Crippen molar-refractivity contribution in [1.82, 2.24) is 15.5 Å². The molecule has 1 aromatic carbocycles. The molecule has 0 bridgehead atoms. The van der Waals surface area contributed by atoms with E-state index in [1.54, 1.807) is 19.2 Å². The summed E-state index contributed by atoms with van der Waals surface area (Å²) in [5.74, 6) is 1.02. The Morgan fingerprint density at radius 1 is 1.16 bits per heavy atom. The van der Waals surface area contributed by atoms with Crippen molar-refractivity contribution in [3.63, 3.8) is 0 Å². The molecule has 0 radical (unpaired) electrons. The second kappa shape index (κ2) is 7.61. The van der Waals surface area contributed by atoms with Crippen LogP contribution in [-0.2, 0) is 6.42 Å². The van der Waals surface area contributed by atoms with E-state index in [0.29, 0.717) is 18.0 Å². The van der Waals surface area contributed by atoms with E-state index in [9.17, 15) is 4.79 Å². The van der Waals surface area contributed by atoms with Crippen LogP contribution < -0.4 is 10.6 Å². The Balaban J connectivity index is 1.74. The van der Waals surface area contributed by atoms with Gasteiger partial charge in [0.1, 0.15) is 5.76 Å². The van der Waals surface area contributed by atoms with Crippen molar-refractivity contribution in [2.45, 2.75) is 26.3 Å². The van der Waals surface area contributed by atoms with Gasteiger partial charge in [-0.2, -0.15) is 0 Å². The van der Waals surface area contributed by atoms with Crippen molar-refractivity contribution in [2.24, 2.45) is 0 Å². The maximum absolute atomic E-state index is 12.3. The van der Waals surface area contributed by atoms with Crippen LogP contribution >= 0.6 is 0 Å². The molecule has 0 spiro atoms. The summed E-state index contributed by atoms with van der Waals surface area (Å²) < 4.78 is 4.96. The van der Waals surface area contributed by atoms with Gasteiger partial charge in [0.15, 0.2) is 5.82 Å². The summed E-state index contributed by atoms with van der Waals surface area (Å²) in [5, 5.41) is 9.40. The van der Waals surface area contributed by atoms with Crippen LogP contribution in [0.15, 0.2) is 59.3 Å². The lowest BCUT2D eigenvalue weighted by Crippen LogP contribution is -2.34. The molecule has 2 heterocycles. The number of nitrogens with zero attached hydrogens (tertiary/aromatic N) is 2. The number of rotatable bonds is 5. The fourth-order valence-electron chi connectivity index (χ4n) is 2.51. The molecule has 0 aliphatic rings. The molecule has 2 aromatic heterocycles. The monoisotopic (exact) mass is 336 g/mol. The molecule has 0 aliphatic heterocycles. The minimum absolute atomic E-state index is 0.253. The second-order valence-corrected chi connectivity index (χ2v) is 5.92. The van der Waals surface area contributed by atoms with Crippen molar-refractivity contribution < 1.29 is 9.32 Å². The summed E-state index contributed by atoms with van der Waals surface area (Å²) in [7, 11) is 0. The van der Waals surface area contributed by atoms with E-state index in [0.717, 1.165) is 11.3 Å². The highest BCUT2D eigenvalue weighted by Gasteiger charge is 2.17. The van der Waals surface area contributed by atoms with Crippen molar-refractivity contribution >= 4 is 11.8 Å². The lowest BCUT2D eigenvalue weighted by Gasteiger charge is -2.18. The molecule has 3 rings (SSSR count). The van der Waals surface area contributed by atoms with Crippen LogP contribution in [0.2, 0.25) is 0 Å². The standard InChI is InChI=1S/C19H20N4O2/c1-13-6-8-15(9-7-13)12-17(16-5-3-4-10-20-16)21-19(24)22-18-11-14(2)25-23-18/h3-11,17H,12H2,1-2H3,(H2,21,22,23,24)/t17-/m0/s1. The number of urea groups is 1. The fourth-order valence-corrected chi connectivity index (χ4v) is 2.51. The molecule has 6 heteroatoms. The smallest absolute Gasteiger partial charge is 0.321 e. The van der Waals surface area contributed by atoms with Crippen molar-refractivity contribution in [1.29, 1.82) is 0 Å². The molecule has 0 fully saturated rings. The number of hydrogen-bond donors (Lipinski definition) is 2. The van der Waals surface area contributed by atoms with Crippen LogP contribution in [0.3, 0.4) is 0 Å². The quantitative estimate of drug-likeness (QED) is 0.743. The van der Waals surface area contributed by atoms with Crippen LogP contribution in [-0.4, -0.2) is 16.2 Å². The number of anilines is 1.